The van der Waals surface area contributed by atoms with Crippen LogP contribution in [0.5, 0.6) is 5.88 Å². The van der Waals surface area contributed by atoms with Crippen LogP contribution >= 0.6 is 11.8 Å². The highest BCUT2D eigenvalue weighted by molar-refractivity contribution is 7.98. The van der Waals surface area contributed by atoms with Crippen molar-refractivity contribution in [1.82, 2.24) is 14.5 Å². The molecule has 0 radical (unpaired) electrons. The number of unbranched alkanes of at least 4 members (excludes halogenated alkanes) is 1. The van der Waals surface area contributed by atoms with Gasteiger partial charge in [0.1, 0.15) is 5.52 Å². The van der Waals surface area contributed by atoms with Gasteiger partial charge in [0, 0.05) is 12.6 Å². The lowest BCUT2D eigenvalue weighted by Gasteiger charge is -2.06. The van der Waals surface area contributed by atoms with E-state index in [-0.39, 0.29) is 0 Å². The standard InChI is InChI=1S/C12H18N4OS/c1-17-10-6-5-9-11(15-10)16(12(13)14-9)7-3-4-8-18-2/h5-6H,3-4,7-8H2,1-2H3,(H2,13,14). The van der Waals surface area contributed by atoms with Gasteiger partial charge in [-0.1, -0.05) is 0 Å². The van der Waals surface area contributed by atoms with Crippen LogP contribution in [0, 0.1) is 0 Å². The van der Waals surface area contributed by atoms with Gasteiger partial charge in [0.05, 0.1) is 7.11 Å². The predicted molar refractivity (Wildman–Crippen MR) is 76.1 cm³/mol. The van der Waals surface area contributed by atoms with Crippen molar-refractivity contribution in [3.05, 3.63) is 12.1 Å². The highest BCUT2D eigenvalue weighted by Gasteiger charge is 2.10. The zero-order valence-corrected chi connectivity index (χ0v) is 11.5. The van der Waals surface area contributed by atoms with Gasteiger partial charge < -0.3 is 10.5 Å². The number of hydrogen-bond acceptors (Lipinski definition) is 5. The van der Waals surface area contributed by atoms with E-state index in [1.807, 2.05) is 22.4 Å². The van der Waals surface area contributed by atoms with E-state index >= 15 is 0 Å². The molecule has 2 aromatic heterocycles. The molecule has 2 heterocycles. The second-order valence-corrected chi connectivity index (χ2v) is 5.00. The third kappa shape index (κ3) is 2.69. The van der Waals surface area contributed by atoms with Gasteiger partial charge in [-0.25, -0.2) is 4.98 Å². The summed E-state index contributed by atoms with van der Waals surface area (Å²) in [5, 5.41) is 0. The molecule has 0 saturated heterocycles. The third-order valence-corrected chi connectivity index (χ3v) is 3.48. The second-order valence-electron chi connectivity index (χ2n) is 4.02. The molecule has 5 nitrogen and oxygen atoms in total. The van der Waals surface area contributed by atoms with Crippen LogP contribution in [-0.4, -0.2) is 33.7 Å². The van der Waals surface area contributed by atoms with Gasteiger partial charge >= 0.3 is 0 Å². The zero-order chi connectivity index (χ0) is 13.0. The van der Waals surface area contributed by atoms with Gasteiger partial charge in [0.25, 0.3) is 0 Å². The van der Waals surface area contributed by atoms with Crippen molar-refractivity contribution in [2.24, 2.45) is 0 Å². The molecule has 0 aromatic carbocycles. The lowest BCUT2D eigenvalue weighted by atomic mass is 10.3. The Morgan fingerprint density at radius 2 is 2.17 bits per heavy atom. The lowest BCUT2D eigenvalue weighted by molar-refractivity contribution is 0.399. The molecule has 0 fully saturated rings. The largest absolute Gasteiger partial charge is 0.481 e. The summed E-state index contributed by atoms with van der Waals surface area (Å²) >= 11 is 1.86. The number of ether oxygens (including phenoxy) is 1. The molecule has 0 spiro atoms. The fourth-order valence-corrected chi connectivity index (χ4v) is 2.35. The van der Waals surface area contributed by atoms with Crippen LogP contribution in [0.4, 0.5) is 5.95 Å². The second kappa shape index (κ2) is 5.95. The van der Waals surface area contributed by atoms with Gasteiger partial charge in [0.15, 0.2) is 5.65 Å². The Hall–Kier alpha value is -1.43. The first-order chi connectivity index (χ1) is 8.76. The number of anilines is 1. The number of fused-ring (bicyclic) bond motifs is 1. The van der Waals surface area contributed by atoms with Crippen molar-refractivity contribution in [3.63, 3.8) is 0 Å². The molecular formula is C12H18N4OS. The van der Waals surface area contributed by atoms with Crippen molar-refractivity contribution >= 4 is 28.9 Å². The number of nitrogen functional groups attached to an aromatic ring is 1. The quantitative estimate of drug-likeness (QED) is 0.812. The van der Waals surface area contributed by atoms with E-state index in [0.717, 1.165) is 24.1 Å². The monoisotopic (exact) mass is 266 g/mol. The first-order valence-corrected chi connectivity index (χ1v) is 7.31. The first kappa shape index (κ1) is 13.0. The molecular weight excluding hydrogens is 248 g/mol. The highest BCUT2D eigenvalue weighted by atomic mass is 32.2. The summed E-state index contributed by atoms with van der Waals surface area (Å²) in [6.07, 6.45) is 4.37. The van der Waals surface area contributed by atoms with Gasteiger partial charge in [-0.2, -0.15) is 16.7 Å². The van der Waals surface area contributed by atoms with Crippen LogP contribution in [0.25, 0.3) is 11.2 Å². The Balaban J connectivity index is 2.22. The van der Waals surface area contributed by atoms with E-state index in [2.05, 4.69) is 16.2 Å². The van der Waals surface area contributed by atoms with Crippen molar-refractivity contribution in [2.45, 2.75) is 19.4 Å². The third-order valence-electron chi connectivity index (χ3n) is 2.79. The van der Waals surface area contributed by atoms with Crippen LogP contribution in [0.15, 0.2) is 12.1 Å². The van der Waals surface area contributed by atoms with E-state index in [4.69, 9.17) is 10.5 Å². The van der Waals surface area contributed by atoms with Crippen LogP contribution < -0.4 is 10.5 Å². The van der Waals surface area contributed by atoms with E-state index < -0.39 is 0 Å². The molecule has 18 heavy (non-hydrogen) atoms. The van der Waals surface area contributed by atoms with Gasteiger partial charge in [0.2, 0.25) is 11.8 Å². The maximum absolute atomic E-state index is 5.93. The number of pyridine rings is 1. The molecule has 2 aromatic rings. The molecule has 0 aliphatic rings. The number of methoxy groups -OCH3 is 1. The van der Waals surface area contributed by atoms with Crippen molar-refractivity contribution < 1.29 is 4.74 Å². The van der Waals surface area contributed by atoms with Crippen molar-refractivity contribution in [2.75, 3.05) is 24.9 Å². The first-order valence-electron chi connectivity index (χ1n) is 5.92. The Morgan fingerprint density at radius 3 is 2.89 bits per heavy atom. The average Bonchev–Trinajstić information content (AvgIpc) is 2.70. The Labute approximate surface area is 111 Å². The maximum Gasteiger partial charge on any atom is 0.215 e. The van der Waals surface area contributed by atoms with E-state index in [9.17, 15) is 0 Å². The SMILES string of the molecule is COc1ccc2nc(N)n(CCCCSC)c2n1. The number of nitrogens with two attached hydrogens (primary N) is 1. The van der Waals surface area contributed by atoms with Gasteiger partial charge in [-0.3, -0.25) is 4.57 Å². The summed E-state index contributed by atoms with van der Waals surface area (Å²) in [4.78, 5) is 8.71. The van der Waals surface area contributed by atoms with Gasteiger partial charge in [-0.05, 0) is 30.9 Å². The smallest absolute Gasteiger partial charge is 0.215 e. The van der Waals surface area contributed by atoms with Crippen molar-refractivity contribution in [3.8, 4) is 5.88 Å². The summed E-state index contributed by atoms with van der Waals surface area (Å²) in [7, 11) is 1.61. The number of thioether (sulfide) groups is 1. The minimum Gasteiger partial charge on any atom is -0.481 e. The van der Waals surface area contributed by atoms with Gasteiger partial charge in [-0.15, -0.1) is 0 Å². The minimum atomic E-state index is 0.523. The van der Waals surface area contributed by atoms with E-state index in [1.54, 1.807) is 13.2 Å². The zero-order valence-electron chi connectivity index (χ0n) is 10.7. The Bertz CT molecular complexity index is 526. The summed E-state index contributed by atoms with van der Waals surface area (Å²) in [6, 6.07) is 3.68. The minimum absolute atomic E-state index is 0.523. The molecule has 6 heteroatoms. The molecule has 0 atom stereocenters. The summed E-state index contributed by atoms with van der Waals surface area (Å²) in [5.74, 6) is 2.28. The normalized spacial score (nSPS) is 11.0. The number of aryl methyl sites for hydroxylation is 1. The maximum atomic E-state index is 5.93. The van der Waals surface area contributed by atoms with Crippen LogP contribution in [0.2, 0.25) is 0 Å². The number of hydrogen-bond donors (Lipinski definition) is 1. The molecule has 98 valence electrons. The molecule has 0 saturated carbocycles. The molecule has 0 aliphatic carbocycles. The fraction of sp³-hybridized carbons (Fsp3) is 0.500. The van der Waals surface area contributed by atoms with E-state index in [0.29, 0.717) is 11.8 Å². The van der Waals surface area contributed by atoms with Crippen molar-refractivity contribution in [1.29, 1.82) is 0 Å². The molecule has 0 amide bonds. The van der Waals surface area contributed by atoms with E-state index in [1.165, 1.54) is 12.2 Å². The van der Waals surface area contributed by atoms with Crippen LogP contribution in [0.3, 0.4) is 0 Å². The predicted octanol–water partition coefficient (Wildman–Crippen LogP) is 2.17. The molecule has 2 N–H and O–H groups in total. The number of rotatable bonds is 6. The average molecular weight is 266 g/mol. The fourth-order valence-electron chi connectivity index (χ4n) is 1.85. The molecule has 0 bridgehead atoms. The number of aromatic nitrogens is 3. The summed E-state index contributed by atoms with van der Waals surface area (Å²) < 4.78 is 7.09. The summed E-state index contributed by atoms with van der Waals surface area (Å²) in [5.41, 5.74) is 7.55. The summed E-state index contributed by atoms with van der Waals surface area (Å²) in [6.45, 7) is 0.850. The molecule has 2 rings (SSSR count). The molecule has 0 aliphatic heterocycles. The lowest BCUT2D eigenvalue weighted by Crippen LogP contribution is -2.04. The number of nitrogens with zero attached hydrogens (tertiary/aromatic N) is 3. The van der Waals surface area contributed by atoms with Crippen LogP contribution in [0.1, 0.15) is 12.8 Å². The molecule has 0 unspecified atom stereocenters. The Morgan fingerprint density at radius 1 is 1.33 bits per heavy atom. The van der Waals surface area contributed by atoms with Crippen LogP contribution in [-0.2, 0) is 6.54 Å². The number of imidazole rings is 1. The topological polar surface area (TPSA) is 66.0 Å². The Kier molecular flexibility index (Phi) is 4.30. The highest BCUT2D eigenvalue weighted by Crippen LogP contribution is 2.20.